The number of rotatable bonds is 5. The van der Waals surface area contributed by atoms with Gasteiger partial charge in [0, 0.05) is 36.6 Å². The molecular formula is C22H25N3O2S2. The van der Waals surface area contributed by atoms with E-state index in [2.05, 4.69) is 29.4 Å². The zero-order valence-corrected chi connectivity index (χ0v) is 18.6. The molecule has 0 atom stereocenters. The molecule has 29 heavy (non-hydrogen) atoms. The number of nitrogens with zero attached hydrogens (tertiary/aromatic N) is 3. The molecule has 1 aliphatic rings. The van der Waals surface area contributed by atoms with Crippen LogP contribution < -0.4 is 9.64 Å². The van der Waals surface area contributed by atoms with Crippen molar-refractivity contribution in [1.29, 1.82) is 0 Å². The first-order valence-corrected chi connectivity index (χ1v) is 11.8. The Bertz CT molecular complexity index is 993. The van der Waals surface area contributed by atoms with E-state index in [-0.39, 0.29) is 12.0 Å². The molecule has 3 aromatic rings. The number of thiazole rings is 1. The fourth-order valence-electron chi connectivity index (χ4n) is 3.39. The van der Waals surface area contributed by atoms with Crippen LogP contribution in [0.4, 0.5) is 5.13 Å². The van der Waals surface area contributed by atoms with E-state index in [0.29, 0.717) is 18.7 Å². The van der Waals surface area contributed by atoms with E-state index in [1.807, 2.05) is 43.0 Å². The van der Waals surface area contributed by atoms with Crippen LogP contribution in [0.1, 0.15) is 24.2 Å². The summed E-state index contributed by atoms with van der Waals surface area (Å²) in [6.07, 6.45) is 2.21. The smallest absolute Gasteiger partial charge is 0.253 e. The Kier molecular flexibility index (Phi) is 5.96. The lowest BCUT2D eigenvalue weighted by atomic mass is 10.1. The monoisotopic (exact) mass is 427 g/mol. The molecule has 1 aliphatic heterocycles. The van der Waals surface area contributed by atoms with Crippen molar-refractivity contribution in [3.63, 3.8) is 0 Å². The zero-order chi connectivity index (χ0) is 20.4. The van der Waals surface area contributed by atoms with Crippen LogP contribution in [-0.4, -0.2) is 54.3 Å². The SMILES string of the molecule is CSc1ccc2nc(N3CCN(C(=O)c4ccc(OC(C)C)cc4)CC3)sc2c1. The van der Waals surface area contributed by atoms with Crippen LogP contribution in [0, 0.1) is 0 Å². The number of carbonyl (C=O) groups is 1. The molecule has 7 heteroatoms. The Labute approximate surface area is 179 Å². The predicted molar refractivity (Wildman–Crippen MR) is 122 cm³/mol. The Hall–Kier alpha value is -2.25. The summed E-state index contributed by atoms with van der Waals surface area (Å²) < 4.78 is 6.87. The van der Waals surface area contributed by atoms with Crippen LogP contribution in [0.15, 0.2) is 47.4 Å². The van der Waals surface area contributed by atoms with Crippen molar-refractivity contribution in [1.82, 2.24) is 9.88 Å². The van der Waals surface area contributed by atoms with Crippen LogP contribution in [0.5, 0.6) is 5.75 Å². The third-order valence-corrected chi connectivity index (χ3v) is 6.70. The van der Waals surface area contributed by atoms with Gasteiger partial charge in [0.1, 0.15) is 5.75 Å². The molecule has 1 aromatic heterocycles. The van der Waals surface area contributed by atoms with Gasteiger partial charge in [0.2, 0.25) is 0 Å². The second-order valence-electron chi connectivity index (χ2n) is 7.30. The maximum absolute atomic E-state index is 12.8. The molecule has 1 saturated heterocycles. The predicted octanol–water partition coefficient (Wildman–Crippen LogP) is 4.77. The number of fused-ring (bicyclic) bond motifs is 1. The molecule has 0 bridgehead atoms. The fraction of sp³-hybridized carbons (Fsp3) is 0.364. The molecule has 1 fully saturated rings. The Morgan fingerprint density at radius 2 is 1.83 bits per heavy atom. The van der Waals surface area contributed by atoms with Crippen LogP contribution in [0.25, 0.3) is 10.2 Å². The molecule has 0 N–H and O–H groups in total. The molecule has 0 aliphatic carbocycles. The molecule has 0 unspecified atom stereocenters. The number of carbonyl (C=O) groups excluding carboxylic acids is 1. The molecule has 0 radical (unpaired) electrons. The van der Waals surface area contributed by atoms with Crippen molar-refractivity contribution >= 4 is 44.4 Å². The molecule has 0 saturated carbocycles. The van der Waals surface area contributed by atoms with Crippen molar-refractivity contribution in [2.75, 3.05) is 37.3 Å². The number of piperazine rings is 1. The molecule has 2 aromatic carbocycles. The highest BCUT2D eigenvalue weighted by atomic mass is 32.2. The van der Waals surface area contributed by atoms with Gasteiger partial charge in [-0.2, -0.15) is 0 Å². The summed E-state index contributed by atoms with van der Waals surface area (Å²) in [7, 11) is 0. The molecular weight excluding hydrogens is 402 g/mol. The van der Waals surface area contributed by atoms with E-state index in [0.717, 1.165) is 29.5 Å². The highest BCUT2D eigenvalue weighted by Gasteiger charge is 2.24. The van der Waals surface area contributed by atoms with Crippen molar-refractivity contribution in [2.45, 2.75) is 24.8 Å². The molecule has 5 nitrogen and oxygen atoms in total. The van der Waals surface area contributed by atoms with Crippen molar-refractivity contribution in [3.05, 3.63) is 48.0 Å². The van der Waals surface area contributed by atoms with Crippen LogP contribution >= 0.6 is 23.1 Å². The number of thioether (sulfide) groups is 1. The standard InChI is InChI=1S/C22H25N3O2S2/c1-15(2)27-17-6-4-16(5-7-17)21(26)24-10-12-25(13-11-24)22-23-19-9-8-18(28-3)14-20(19)29-22/h4-9,14-15H,10-13H2,1-3H3. The van der Waals surface area contributed by atoms with Crippen LogP contribution in [0.2, 0.25) is 0 Å². The van der Waals surface area contributed by atoms with Crippen molar-refractivity contribution in [3.8, 4) is 5.75 Å². The maximum atomic E-state index is 12.8. The quantitative estimate of drug-likeness (QED) is 0.549. The largest absolute Gasteiger partial charge is 0.491 e. The third kappa shape index (κ3) is 4.51. The van der Waals surface area contributed by atoms with E-state index in [1.165, 1.54) is 9.60 Å². The van der Waals surface area contributed by atoms with Gasteiger partial charge >= 0.3 is 0 Å². The number of amides is 1. The molecule has 152 valence electrons. The summed E-state index contributed by atoms with van der Waals surface area (Å²) in [5, 5.41) is 1.04. The van der Waals surface area contributed by atoms with Gasteiger partial charge < -0.3 is 14.5 Å². The molecule has 1 amide bonds. The minimum Gasteiger partial charge on any atom is -0.491 e. The number of benzene rings is 2. The van der Waals surface area contributed by atoms with E-state index in [1.54, 1.807) is 23.1 Å². The summed E-state index contributed by atoms with van der Waals surface area (Å²) >= 11 is 3.48. The number of anilines is 1. The molecule has 0 spiro atoms. The topological polar surface area (TPSA) is 45.7 Å². The van der Waals surface area contributed by atoms with Gasteiger partial charge in [-0.3, -0.25) is 4.79 Å². The van der Waals surface area contributed by atoms with E-state index >= 15 is 0 Å². The lowest BCUT2D eigenvalue weighted by Gasteiger charge is -2.34. The minimum atomic E-state index is 0.0784. The maximum Gasteiger partial charge on any atom is 0.253 e. The van der Waals surface area contributed by atoms with E-state index in [4.69, 9.17) is 9.72 Å². The van der Waals surface area contributed by atoms with Gasteiger partial charge in [-0.1, -0.05) is 11.3 Å². The second-order valence-corrected chi connectivity index (χ2v) is 9.19. The van der Waals surface area contributed by atoms with Gasteiger partial charge in [-0.15, -0.1) is 11.8 Å². The summed E-state index contributed by atoms with van der Waals surface area (Å²) in [6, 6.07) is 13.8. The average molecular weight is 428 g/mol. The summed E-state index contributed by atoms with van der Waals surface area (Å²) in [5.41, 5.74) is 1.75. The number of hydrogen-bond acceptors (Lipinski definition) is 6. The summed E-state index contributed by atoms with van der Waals surface area (Å²) in [4.78, 5) is 23.1. The lowest BCUT2D eigenvalue weighted by Crippen LogP contribution is -2.48. The Balaban J connectivity index is 1.39. The zero-order valence-electron chi connectivity index (χ0n) is 16.9. The first-order valence-electron chi connectivity index (χ1n) is 9.79. The first-order chi connectivity index (χ1) is 14.0. The van der Waals surface area contributed by atoms with E-state index in [9.17, 15) is 4.79 Å². The van der Waals surface area contributed by atoms with Gasteiger partial charge in [-0.25, -0.2) is 4.98 Å². The Morgan fingerprint density at radius 3 is 2.48 bits per heavy atom. The fourth-order valence-corrected chi connectivity index (χ4v) is 4.96. The van der Waals surface area contributed by atoms with Crippen molar-refractivity contribution < 1.29 is 9.53 Å². The minimum absolute atomic E-state index is 0.0784. The average Bonchev–Trinajstić information content (AvgIpc) is 3.16. The number of aromatic nitrogens is 1. The van der Waals surface area contributed by atoms with Gasteiger partial charge in [-0.05, 0) is 62.6 Å². The Morgan fingerprint density at radius 1 is 1.10 bits per heavy atom. The summed E-state index contributed by atoms with van der Waals surface area (Å²) in [5.74, 6) is 0.872. The van der Waals surface area contributed by atoms with Crippen LogP contribution in [-0.2, 0) is 0 Å². The first kappa shape index (κ1) is 20.0. The molecule has 2 heterocycles. The van der Waals surface area contributed by atoms with Gasteiger partial charge in [0.25, 0.3) is 5.91 Å². The number of hydrogen-bond donors (Lipinski definition) is 0. The second kappa shape index (κ2) is 8.63. The highest BCUT2D eigenvalue weighted by molar-refractivity contribution is 7.98. The number of ether oxygens (including phenoxy) is 1. The third-order valence-electron chi connectivity index (χ3n) is 4.89. The van der Waals surface area contributed by atoms with Crippen molar-refractivity contribution in [2.24, 2.45) is 0 Å². The summed E-state index contributed by atoms with van der Waals surface area (Å²) in [6.45, 7) is 6.99. The lowest BCUT2D eigenvalue weighted by molar-refractivity contribution is 0.0746. The highest BCUT2D eigenvalue weighted by Crippen LogP contribution is 2.32. The van der Waals surface area contributed by atoms with Gasteiger partial charge in [0.15, 0.2) is 5.13 Å². The molecule has 4 rings (SSSR count). The van der Waals surface area contributed by atoms with E-state index < -0.39 is 0 Å². The normalized spacial score (nSPS) is 14.6. The van der Waals surface area contributed by atoms with Crippen LogP contribution in [0.3, 0.4) is 0 Å². The van der Waals surface area contributed by atoms with Gasteiger partial charge in [0.05, 0.1) is 16.3 Å².